The molecule has 2 amide bonds. The molecule has 0 aromatic carbocycles. The van der Waals surface area contributed by atoms with Crippen LogP contribution in [0, 0.1) is 0 Å². The minimum absolute atomic E-state index is 0.214. The third kappa shape index (κ3) is 3.44. The van der Waals surface area contributed by atoms with Gasteiger partial charge in [0.1, 0.15) is 5.69 Å². The topological polar surface area (TPSA) is 99.1 Å². The van der Waals surface area contributed by atoms with Crippen molar-refractivity contribution in [2.24, 2.45) is 11.5 Å². The lowest BCUT2D eigenvalue weighted by molar-refractivity contribution is -0.127. The zero-order valence-corrected chi connectivity index (χ0v) is 8.41. The van der Waals surface area contributed by atoms with Gasteiger partial charge in [0.15, 0.2) is 0 Å². The summed E-state index contributed by atoms with van der Waals surface area (Å²) in [5, 5.41) is 0. The van der Waals surface area contributed by atoms with Crippen molar-refractivity contribution in [3.63, 3.8) is 0 Å². The van der Waals surface area contributed by atoms with E-state index in [0.717, 1.165) is 12.3 Å². The Morgan fingerprint density at radius 3 is 2.24 bits per heavy atom. The maximum Gasteiger partial charge on any atom is 0.393 e. The number of hydrogen-bond acceptors (Lipinski definition) is 3. The fraction of sp³-hybridized carbons (Fsp3) is 0.222. The summed E-state index contributed by atoms with van der Waals surface area (Å²) in [5.74, 6) is -2.03. The first-order chi connectivity index (χ1) is 7.70. The van der Waals surface area contributed by atoms with Gasteiger partial charge >= 0.3 is 6.18 Å². The van der Waals surface area contributed by atoms with Gasteiger partial charge in [-0.05, 0) is 11.6 Å². The Morgan fingerprint density at radius 2 is 1.82 bits per heavy atom. The highest BCUT2D eigenvalue weighted by Gasteiger charge is 2.30. The van der Waals surface area contributed by atoms with E-state index in [1.807, 2.05) is 0 Å². The summed E-state index contributed by atoms with van der Waals surface area (Å²) in [6.45, 7) is 0. The molecule has 92 valence electrons. The van der Waals surface area contributed by atoms with E-state index in [1.165, 1.54) is 0 Å². The van der Waals surface area contributed by atoms with Crippen molar-refractivity contribution in [3.05, 3.63) is 29.1 Å². The number of carbonyl (C=O) groups is 2. The van der Waals surface area contributed by atoms with Crippen LogP contribution >= 0.6 is 0 Å². The molecule has 0 bridgehead atoms. The fourth-order valence-electron chi connectivity index (χ4n) is 1.22. The molecular formula is C9H8F3N3O2. The van der Waals surface area contributed by atoms with Crippen molar-refractivity contribution in [2.45, 2.75) is 12.6 Å². The third-order valence-corrected chi connectivity index (χ3v) is 1.88. The predicted octanol–water partition coefficient (Wildman–Crippen LogP) is 0.384. The molecule has 0 aliphatic rings. The van der Waals surface area contributed by atoms with Gasteiger partial charge in [0, 0.05) is 6.20 Å². The summed E-state index contributed by atoms with van der Waals surface area (Å²) in [6.07, 6.45) is -5.04. The maximum absolute atomic E-state index is 12.2. The number of nitrogens with zero attached hydrogens (tertiary/aromatic N) is 1. The molecule has 1 heterocycles. The molecule has 17 heavy (non-hydrogen) atoms. The second-order valence-corrected chi connectivity index (χ2v) is 3.25. The second kappa shape index (κ2) is 4.40. The first-order valence-electron chi connectivity index (χ1n) is 4.36. The summed E-state index contributed by atoms with van der Waals surface area (Å²) < 4.78 is 36.7. The molecule has 4 N–H and O–H groups in total. The zero-order valence-electron chi connectivity index (χ0n) is 8.41. The Balaban J connectivity index is 3.25. The van der Waals surface area contributed by atoms with E-state index in [1.54, 1.807) is 0 Å². The van der Waals surface area contributed by atoms with E-state index in [4.69, 9.17) is 11.5 Å². The number of primary amides is 2. The molecule has 0 fully saturated rings. The minimum Gasteiger partial charge on any atom is -0.366 e. The van der Waals surface area contributed by atoms with Crippen molar-refractivity contribution in [3.8, 4) is 0 Å². The van der Waals surface area contributed by atoms with E-state index in [0.29, 0.717) is 0 Å². The Hall–Kier alpha value is -2.12. The van der Waals surface area contributed by atoms with Crippen molar-refractivity contribution < 1.29 is 22.8 Å². The van der Waals surface area contributed by atoms with Gasteiger partial charge in [0.05, 0.1) is 12.0 Å². The Morgan fingerprint density at radius 1 is 1.24 bits per heavy atom. The Labute approximate surface area is 93.6 Å². The number of aromatic nitrogens is 1. The van der Waals surface area contributed by atoms with Crippen LogP contribution in [0.3, 0.4) is 0 Å². The van der Waals surface area contributed by atoms with Crippen LogP contribution in [0.5, 0.6) is 0 Å². The van der Waals surface area contributed by atoms with Crippen molar-refractivity contribution in [1.82, 2.24) is 4.98 Å². The second-order valence-electron chi connectivity index (χ2n) is 3.25. The molecule has 0 radical (unpaired) electrons. The molecule has 1 rings (SSSR count). The molecule has 0 unspecified atom stereocenters. The number of nitrogens with two attached hydrogens (primary N) is 2. The van der Waals surface area contributed by atoms with Crippen LogP contribution in [0.2, 0.25) is 0 Å². The molecule has 0 saturated carbocycles. The molecule has 8 heteroatoms. The largest absolute Gasteiger partial charge is 0.393 e. The zero-order chi connectivity index (χ0) is 13.2. The van der Waals surface area contributed by atoms with Crippen LogP contribution in [0.25, 0.3) is 0 Å². The molecule has 0 saturated heterocycles. The van der Waals surface area contributed by atoms with E-state index < -0.39 is 35.7 Å². The lowest BCUT2D eigenvalue weighted by Crippen LogP contribution is -2.22. The van der Waals surface area contributed by atoms with Gasteiger partial charge in [-0.1, -0.05) is 0 Å². The predicted molar refractivity (Wildman–Crippen MR) is 51.0 cm³/mol. The van der Waals surface area contributed by atoms with Crippen LogP contribution < -0.4 is 11.5 Å². The number of carbonyl (C=O) groups excluding carboxylic acids is 2. The van der Waals surface area contributed by atoms with Gasteiger partial charge in [-0.25, -0.2) is 4.98 Å². The number of pyridine rings is 1. The summed E-state index contributed by atoms with van der Waals surface area (Å²) >= 11 is 0. The van der Waals surface area contributed by atoms with E-state index in [2.05, 4.69) is 4.98 Å². The molecule has 5 nitrogen and oxygen atoms in total. The van der Waals surface area contributed by atoms with E-state index in [-0.39, 0.29) is 5.56 Å². The highest BCUT2D eigenvalue weighted by atomic mass is 19.4. The van der Waals surface area contributed by atoms with E-state index >= 15 is 0 Å². The molecule has 1 aromatic heterocycles. The van der Waals surface area contributed by atoms with Gasteiger partial charge in [0.2, 0.25) is 5.91 Å². The molecule has 0 aliphatic heterocycles. The third-order valence-electron chi connectivity index (χ3n) is 1.88. The number of alkyl halides is 3. The average molecular weight is 247 g/mol. The lowest BCUT2D eigenvalue weighted by Gasteiger charge is -2.09. The Kier molecular flexibility index (Phi) is 3.35. The summed E-state index contributed by atoms with van der Waals surface area (Å²) in [4.78, 5) is 25.1. The summed E-state index contributed by atoms with van der Waals surface area (Å²) in [6, 6.07) is 0.864. The molecule has 0 spiro atoms. The first-order valence-corrected chi connectivity index (χ1v) is 4.36. The average Bonchev–Trinajstić information content (AvgIpc) is 2.14. The quantitative estimate of drug-likeness (QED) is 0.807. The van der Waals surface area contributed by atoms with Gasteiger partial charge in [-0.15, -0.1) is 0 Å². The van der Waals surface area contributed by atoms with Crippen molar-refractivity contribution >= 4 is 11.8 Å². The maximum atomic E-state index is 12.2. The smallest absolute Gasteiger partial charge is 0.366 e. The number of hydrogen-bond donors (Lipinski definition) is 2. The van der Waals surface area contributed by atoms with Crippen molar-refractivity contribution in [2.75, 3.05) is 0 Å². The molecule has 1 aromatic rings. The highest BCUT2D eigenvalue weighted by Crippen LogP contribution is 2.23. The van der Waals surface area contributed by atoms with Crippen LogP contribution in [0.15, 0.2) is 12.3 Å². The van der Waals surface area contributed by atoms with Gasteiger partial charge in [-0.3, -0.25) is 9.59 Å². The van der Waals surface area contributed by atoms with Crippen LogP contribution in [-0.4, -0.2) is 23.0 Å². The monoisotopic (exact) mass is 247 g/mol. The minimum atomic E-state index is -4.54. The first kappa shape index (κ1) is 12.9. The fourth-order valence-corrected chi connectivity index (χ4v) is 1.22. The molecule has 0 aliphatic carbocycles. The molecular weight excluding hydrogens is 239 g/mol. The lowest BCUT2D eigenvalue weighted by atomic mass is 10.1. The Bertz CT molecular complexity index is 471. The number of amides is 2. The molecule has 0 atom stereocenters. The van der Waals surface area contributed by atoms with Crippen LogP contribution in [0.4, 0.5) is 13.2 Å². The van der Waals surface area contributed by atoms with Gasteiger partial charge < -0.3 is 11.5 Å². The SMILES string of the molecule is NC(=O)c1cnc(C(N)=O)c(CC(F)(F)F)c1. The summed E-state index contributed by atoms with van der Waals surface area (Å²) in [5.41, 5.74) is 8.57. The standard InChI is InChI=1S/C9H8F3N3O2/c10-9(11,12)2-4-1-5(7(13)16)3-15-6(4)8(14)17/h1,3H,2H2,(H2,13,16)(H2,14,17). The van der Waals surface area contributed by atoms with E-state index in [9.17, 15) is 22.8 Å². The number of halogens is 3. The normalized spacial score (nSPS) is 11.2. The summed E-state index contributed by atoms with van der Waals surface area (Å²) in [7, 11) is 0. The number of rotatable bonds is 3. The van der Waals surface area contributed by atoms with Crippen molar-refractivity contribution in [1.29, 1.82) is 0 Å². The van der Waals surface area contributed by atoms with Crippen LogP contribution in [0.1, 0.15) is 26.4 Å². The highest BCUT2D eigenvalue weighted by molar-refractivity contribution is 5.96. The van der Waals surface area contributed by atoms with Gasteiger partial charge in [0.25, 0.3) is 5.91 Å². The van der Waals surface area contributed by atoms with Gasteiger partial charge in [-0.2, -0.15) is 13.2 Å². The van der Waals surface area contributed by atoms with Crippen LogP contribution in [-0.2, 0) is 6.42 Å².